The maximum absolute atomic E-state index is 4.00. The van der Waals surface area contributed by atoms with Crippen LogP contribution in [0.1, 0.15) is 0 Å². The Labute approximate surface area is 81.3 Å². The standard InChI is InChI=1S/C6H5N3.C3H6N2/c1-2-5-6(7-3-1)9-4-8-5;1-2-5-3-4-1/h1-4H,(H,7,8,9);3H,1-2H2,(H,4,5). The van der Waals surface area contributed by atoms with E-state index in [1.54, 1.807) is 18.9 Å². The minimum atomic E-state index is 0.775. The van der Waals surface area contributed by atoms with Gasteiger partial charge in [0.2, 0.25) is 0 Å². The number of nitrogens with one attached hydrogen (secondary N) is 2. The second-order valence-electron chi connectivity index (χ2n) is 2.77. The zero-order valence-corrected chi connectivity index (χ0v) is 7.64. The molecule has 2 aromatic heterocycles. The molecule has 0 saturated heterocycles. The van der Waals surface area contributed by atoms with Crippen molar-refractivity contribution in [3.05, 3.63) is 24.7 Å². The van der Waals surface area contributed by atoms with E-state index in [0.717, 1.165) is 24.3 Å². The number of hydrogen-bond acceptors (Lipinski definition) is 4. The Balaban J connectivity index is 0.000000128. The lowest BCUT2D eigenvalue weighted by Crippen LogP contribution is -2.04. The Hall–Kier alpha value is -1.91. The molecule has 1 aliphatic rings. The Kier molecular flexibility index (Phi) is 2.70. The van der Waals surface area contributed by atoms with Crippen molar-refractivity contribution >= 4 is 17.5 Å². The summed E-state index contributed by atoms with van der Waals surface area (Å²) in [6.45, 7) is 1.99. The van der Waals surface area contributed by atoms with Crippen LogP contribution in [0, 0.1) is 0 Å². The molecule has 3 rings (SSSR count). The molecule has 0 radical (unpaired) electrons. The molecule has 0 spiro atoms. The van der Waals surface area contributed by atoms with Crippen molar-refractivity contribution in [2.45, 2.75) is 0 Å². The summed E-state index contributed by atoms with van der Waals surface area (Å²) >= 11 is 0. The summed E-state index contributed by atoms with van der Waals surface area (Å²) in [5.41, 5.74) is 1.76. The fourth-order valence-corrected chi connectivity index (χ4v) is 1.10. The predicted molar refractivity (Wildman–Crippen MR) is 55.3 cm³/mol. The van der Waals surface area contributed by atoms with Gasteiger partial charge in [0.1, 0.15) is 0 Å². The van der Waals surface area contributed by atoms with Gasteiger partial charge in [-0.2, -0.15) is 0 Å². The second-order valence-corrected chi connectivity index (χ2v) is 2.77. The van der Waals surface area contributed by atoms with Gasteiger partial charge in [0.15, 0.2) is 5.65 Å². The summed E-state index contributed by atoms with van der Waals surface area (Å²) in [6.07, 6.45) is 5.10. The van der Waals surface area contributed by atoms with Crippen molar-refractivity contribution in [1.29, 1.82) is 0 Å². The van der Waals surface area contributed by atoms with Crippen molar-refractivity contribution in [2.24, 2.45) is 4.99 Å². The van der Waals surface area contributed by atoms with Gasteiger partial charge in [0.25, 0.3) is 0 Å². The van der Waals surface area contributed by atoms with E-state index in [4.69, 9.17) is 0 Å². The van der Waals surface area contributed by atoms with E-state index in [0.29, 0.717) is 0 Å². The summed E-state index contributed by atoms with van der Waals surface area (Å²) in [5, 5.41) is 2.93. The molecule has 3 heterocycles. The van der Waals surface area contributed by atoms with Crippen LogP contribution in [-0.2, 0) is 0 Å². The fraction of sp³-hybridized carbons (Fsp3) is 0.222. The third kappa shape index (κ3) is 2.07. The third-order valence-corrected chi connectivity index (χ3v) is 1.76. The smallest absolute Gasteiger partial charge is 0.177 e. The van der Waals surface area contributed by atoms with E-state index < -0.39 is 0 Å². The average molecular weight is 189 g/mol. The average Bonchev–Trinajstić information content (AvgIpc) is 2.92. The Morgan fingerprint density at radius 3 is 2.93 bits per heavy atom. The van der Waals surface area contributed by atoms with Gasteiger partial charge < -0.3 is 10.3 Å². The van der Waals surface area contributed by atoms with E-state index >= 15 is 0 Å². The van der Waals surface area contributed by atoms with Crippen LogP contribution in [0.25, 0.3) is 11.2 Å². The highest BCUT2D eigenvalue weighted by Crippen LogP contribution is 2.01. The largest absolute Gasteiger partial charge is 0.375 e. The topological polar surface area (TPSA) is 66.0 Å². The first-order valence-electron chi connectivity index (χ1n) is 4.42. The summed E-state index contributed by atoms with van der Waals surface area (Å²) in [7, 11) is 0. The Morgan fingerprint density at radius 2 is 2.29 bits per heavy atom. The molecular formula is C9H11N5. The fourth-order valence-electron chi connectivity index (χ4n) is 1.10. The molecule has 0 aromatic carbocycles. The number of pyridine rings is 1. The quantitative estimate of drug-likeness (QED) is 0.637. The van der Waals surface area contributed by atoms with Crippen LogP contribution in [0.5, 0.6) is 0 Å². The molecule has 2 N–H and O–H groups in total. The number of H-pyrrole nitrogens is 1. The third-order valence-electron chi connectivity index (χ3n) is 1.76. The van der Waals surface area contributed by atoms with Crippen LogP contribution in [-0.4, -0.2) is 34.4 Å². The molecule has 0 aliphatic carbocycles. The molecule has 0 saturated carbocycles. The van der Waals surface area contributed by atoms with Crippen LogP contribution >= 0.6 is 0 Å². The van der Waals surface area contributed by atoms with Gasteiger partial charge in [0, 0.05) is 12.7 Å². The predicted octanol–water partition coefficient (Wildman–Crippen LogP) is 0.576. The van der Waals surface area contributed by atoms with Gasteiger partial charge >= 0.3 is 0 Å². The first-order valence-corrected chi connectivity index (χ1v) is 4.42. The van der Waals surface area contributed by atoms with Gasteiger partial charge in [-0.25, -0.2) is 9.97 Å². The zero-order chi connectivity index (χ0) is 9.64. The number of fused-ring (bicyclic) bond motifs is 1. The minimum Gasteiger partial charge on any atom is -0.375 e. The van der Waals surface area contributed by atoms with Crippen molar-refractivity contribution < 1.29 is 0 Å². The molecule has 5 heteroatoms. The van der Waals surface area contributed by atoms with Crippen LogP contribution in [0.15, 0.2) is 29.6 Å². The van der Waals surface area contributed by atoms with Crippen molar-refractivity contribution in [1.82, 2.24) is 20.3 Å². The van der Waals surface area contributed by atoms with E-state index in [1.165, 1.54) is 0 Å². The molecule has 0 bridgehead atoms. The highest BCUT2D eigenvalue weighted by atomic mass is 15.0. The maximum atomic E-state index is 4.00. The molecule has 5 nitrogen and oxygen atoms in total. The minimum absolute atomic E-state index is 0.775. The van der Waals surface area contributed by atoms with E-state index in [1.807, 2.05) is 12.1 Å². The number of aromatic amines is 1. The van der Waals surface area contributed by atoms with Gasteiger partial charge in [0.05, 0.1) is 24.7 Å². The molecular weight excluding hydrogens is 178 g/mol. The van der Waals surface area contributed by atoms with Crippen molar-refractivity contribution in [3.8, 4) is 0 Å². The number of aromatic nitrogens is 3. The molecule has 0 unspecified atom stereocenters. The normalized spacial score (nSPS) is 13.4. The molecule has 2 aromatic rings. The molecule has 0 fully saturated rings. The van der Waals surface area contributed by atoms with Gasteiger partial charge in [-0.1, -0.05) is 0 Å². The lowest BCUT2D eigenvalue weighted by molar-refractivity contribution is 0.965. The van der Waals surface area contributed by atoms with Crippen LogP contribution in [0.2, 0.25) is 0 Å². The Bertz CT molecular complexity index is 384. The summed E-state index contributed by atoms with van der Waals surface area (Å²) in [6, 6.07) is 3.82. The van der Waals surface area contributed by atoms with Crippen LogP contribution in [0.4, 0.5) is 0 Å². The maximum Gasteiger partial charge on any atom is 0.177 e. The lowest BCUT2D eigenvalue weighted by atomic mass is 10.4. The number of hydrogen-bond donors (Lipinski definition) is 2. The highest BCUT2D eigenvalue weighted by Gasteiger charge is 1.90. The zero-order valence-electron chi connectivity index (χ0n) is 7.64. The molecule has 72 valence electrons. The van der Waals surface area contributed by atoms with Gasteiger partial charge in [-0.05, 0) is 12.1 Å². The van der Waals surface area contributed by atoms with Crippen molar-refractivity contribution in [2.75, 3.05) is 13.1 Å². The second kappa shape index (κ2) is 4.36. The number of rotatable bonds is 0. The Morgan fingerprint density at radius 1 is 1.29 bits per heavy atom. The number of nitrogens with zero attached hydrogens (tertiary/aromatic N) is 3. The van der Waals surface area contributed by atoms with Crippen LogP contribution in [0.3, 0.4) is 0 Å². The summed E-state index contributed by atoms with van der Waals surface area (Å²) in [4.78, 5) is 14.7. The van der Waals surface area contributed by atoms with Crippen LogP contribution < -0.4 is 5.32 Å². The lowest BCUT2D eigenvalue weighted by Gasteiger charge is -1.80. The number of imidazole rings is 1. The van der Waals surface area contributed by atoms with E-state index in [-0.39, 0.29) is 0 Å². The molecule has 14 heavy (non-hydrogen) atoms. The first kappa shape index (κ1) is 8.68. The highest BCUT2D eigenvalue weighted by molar-refractivity contribution is 5.68. The van der Waals surface area contributed by atoms with Gasteiger partial charge in [-0.15, -0.1) is 0 Å². The monoisotopic (exact) mass is 189 g/mol. The molecule has 0 atom stereocenters. The van der Waals surface area contributed by atoms with E-state index in [2.05, 4.69) is 25.3 Å². The summed E-state index contributed by atoms with van der Waals surface area (Å²) in [5.74, 6) is 0. The SMILES string of the molecule is C1=NCCN1.c1cnc2nc[nH]c2c1. The van der Waals surface area contributed by atoms with Crippen molar-refractivity contribution in [3.63, 3.8) is 0 Å². The summed E-state index contributed by atoms with van der Waals surface area (Å²) < 4.78 is 0. The first-order chi connectivity index (χ1) is 6.97. The molecule has 0 amide bonds. The van der Waals surface area contributed by atoms with Gasteiger partial charge in [-0.3, -0.25) is 4.99 Å². The number of aliphatic imine (C=N–C) groups is 1. The molecule has 1 aliphatic heterocycles. The van der Waals surface area contributed by atoms with E-state index in [9.17, 15) is 0 Å².